The molecule has 1 amide bonds. The van der Waals surface area contributed by atoms with Crippen LogP contribution in [0.1, 0.15) is 21.6 Å². The number of methoxy groups -OCH3 is 2. The topological polar surface area (TPSA) is 88.6 Å². The zero-order chi connectivity index (χ0) is 19.2. The molecule has 1 aromatic heterocycles. The van der Waals surface area contributed by atoms with Gasteiger partial charge in [-0.15, -0.1) is 0 Å². The number of nitrogens with one attached hydrogen (secondary N) is 2. The van der Waals surface area contributed by atoms with Crippen molar-refractivity contribution in [1.29, 1.82) is 0 Å². The first-order valence-electron chi connectivity index (χ1n) is 8.28. The van der Waals surface area contributed by atoms with Crippen LogP contribution < -0.4 is 14.9 Å². The molecule has 0 bridgehead atoms. The van der Waals surface area contributed by atoms with E-state index in [1.807, 2.05) is 37.3 Å². The van der Waals surface area contributed by atoms with Crippen molar-refractivity contribution in [2.45, 2.75) is 6.92 Å². The fourth-order valence-corrected chi connectivity index (χ4v) is 2.46. The van der Waals surface area contributed by atoms with Crippen LogP contribution in [0.15, 0.2) is 53.6 Å². The predicted molar refractivity (Wildman–Crippen MR) is 103 cm³/mol. The molecular weight excluding hydrogens is 344 g/mol. The number of aromatic amines is 1. The van der Waals surface area contributed by atoms with Crippen LogP contribution in [0.25, 0.3) is 11.3 Å². The number of aromatic nitrogens is 2. The Kier molecular flexibility index (Phi) is 5.51. The molecule has 0 saturated carbocycles. The molecule has 7 nitrogen and oxygen atoms in total. The Hall–Kier alpha value is -3.61. The summed E-state index contributed by atoms with van der Waals surface area (Å²) < 4.78 is 10.6. The van der Waals surface area contributed by atoms with E-state index in [1.165, 1.54) is 0 Å². The molecule has 2 aromatic carbocycles. The van der Waals surface area contributed by atoms with Gasteiger partial charge in [-0.1, -0.05) is 29.8 Å². The summed E-state index contributed by atoms with van der Waals surface area (Å²) in [6, 6.07) is 14.8. The van der Waals surface area contributed by atoms with Gasteiger partial charge in [0.1, 0.15) is 17.2 Å². The van der Waals surface area contributed by atoms with Crippen LogP contribution in [0.2, 0.25) is 0 Å². The van der Waals surface area contributed by atoms with Crippen molar-refractivity contribution in [3.63, 3.8) is 0 Å². The van der Waals surface area contributed by atoms with Gasteiger partial charge in [0, 0.05) is 11.6 Å². The van der Waals surface area contributed by atoms with Crippen molar-refractivity contribution in [2.24, 2.45) is 5.10 Å². The Morgan fingerprint density at radius 3 is 2.59 bits per heavy atom. The van der Waals surface area contributed by atoms with Gasteiger partial charge in [-0.3, -0.25) is 9.89 Å². The Morgan fingerprint density at radius 1 is 1.11 bits per heavy atom. The number of rotatable bonds is 6. The first kappa shape index (κ1) is 18.2. The molecule has 0 fully saturated rings. The summed E-state index contributed by atoms with van der Waals surface area (Å²) in [6.07, 6.45) is 1.58. The van der Waals surface area contributed by atoms with Gasteiger partial charge >= 0.3 is 0 Å². The second-order valence-electron chi connectivity index (χ2n) is 5.84. The highest BCUT2D eigenvalue weighted by Gasteiger charge is 2.14. The molecule has 1 heterocycles. The number of hydrogen-bond acceptors (Lipinski definition) is 5. The SMILES string of the molecule is COc1ccc(-c2cc(C(=O)N/N=C\c3ccc(C)cc3)[nH]n2)c(OC)c1. The average Bonchev–Trinajstić information content (AvgIpc) is 3.19. The van der Waals surface area contributed by atoms with E-state index in [0.717, 1.165) is 16.7 Å². The van der Waals surface area contributed by atoms with Gasteiger partial charge in [0.2, 0.25) is 0 Å². The van der Waals surface area contributed by atoms with Crippen LogP contribution in [-0.2, 0) is 0 Å². The van der Waals surface area contributed by atoms with E-state index in [9.17, 15) is 4.79 Å². The quantitative estimate of drug-likeness (QED) is 0.519. The second-order valence-corrected chi connectivity index (χ2v) is 5.84. The van der Waals surface area contributed by atoms with Gasteiger partial charge in [-0.2, -0.15) is 10.2 Å². The molecule has 0 aliphatic rings. The van der Waals surface area contributed by atoms with Gasteiger partial charge in [0.25, 0.3) is 5.91 Å². The minimum Gasteiger partial charge on any atom is -0.497 e. The summed E-state index contributed by atoms with van der Waals surface area (Å²) in [5.41, 5.74) is 6.17. The molecule has 138 valence electrons. The van der Waals surface area contributed by atoms with E-state index in [2.05, 4.69) is 20.7 Å². The third-order valence-corrected chi connectivity index (χ3v) is 3.96. The molecule has 0 saturated heterocycles. The van der Waals surface area contributed by atoms with Crippen molar-refractivity contribution in [1.82, 2.24) is 15.6 Å². The van der Waals surface area contributed by atoms with E-state index in [0.29, 0.717) is 22.9 Å². The number of carbonyl (C=O) groups is 1. The lowest BCUT2D eigenvalue weighted by Crippen LogP contribution is -2.17. The van der Waals surface area contributed by atoms with Crippen LogP contribution in [0.5, 0.6) is 11.5 Å². The molecule has 27 heavy (non-hydrogen) atoms. The van der Waals surface area contributed by atoms with Gasteiger partial charge in [-0.25, -0.2) is 5.43 Å². The van der Waals surface area contributed by atoms with Crippen LogP contribution >= 0.6 is 0 Å². The summed E-state index contributed by atoms with van der Waals surface area (Å²) in [5.74, 6) is 0.893. The largest absolute Gasteiger partial charge is 0.497 e. The van der Waals surface area contributed by atoms with E-state index in [-0.39, 0.29) is 5.91 Å². The molecular formula is C20H20N4O3. The molecule has 3 aromatic rings. The van der Waals surface area contributed by atoms with E-state index in [4.69, 9.17) is 9.47 Å². The Bertz CT molecular complexity index is 962. The van der Waals surface area contributed by atoms with Gasteiger partial charge in [-0.05, 0) is 30.7 Å². The van der Waals surface area contributed by atoms with Crippen molar-refractivity contribution >= 4 is 12.1 Å². The smallest absolute Gasteiger partial charge is 0.289 e. The molecule has 3 rings (SSSR count). The summed E-state index contributed by atoms with van der Waals surface area (Å²) in [5, 5.41) is 10.9. The lowest BCUT2D eigenvalue weighted by atomic mass is 10.1. The predicted octanol–water partition coefficient (Wildman–Crippen LogP) is 3.17. The normalized spacial score (nSPS) is 10.8. The fourth-order valence-electron chi connectivity index (χ4n) is 2.46. The molecule has 0 aliphatic heterocycles. The first-order valence-corrected chi connectivity index (χ1v) is 8.28. The minimum absolute atomic E-state index is 0.295. The van der Waals surface area contributed by atoms with Crippen LogP contribution in [0.3, 0.4) is 0 Å². The van der Waals surface area contributed by atoms with Crippen molar-refractivity contribution in [3.8, 4) is 22.8 Å². The highest BCUT2D eigenvalue weighted by atomic mass is 16.5. The molecule has 0 unspecified atom stereocenters. The monoisotopic (exact) mass is 364 g/mol. The Morgan fingerprint density at radius 2 is 1.89 bits per heavy atom. The second kappa shape index (κ2) is 8.18. The van der Waals surface area contributed by atoms with E-state index in [1.54, 1.807) is 38.6 Å². The maximum atomic E-state index is 12.2. The molecule has 0 spiro atoms. The van der Waals surface area contributed by atoms with Gasteiger partial charge in [0.15, 0.2) is 0 Å². The van der Waals surface area contributed by atoms with Crippen molar-refractivity contribution in [3.05, 3.63) is 65.4 Å². The summed E-state index contributed by atoms with van der Waals surface area (Å²) in [7, 11) is 3.15. The third kappa shape index (κ3) is 4.33. The average molecular weight is 364 g/mol. The zero-order valence-electron chi connectivity index (χ0n) is 15.3. The van der Waals surface area contributed by atoms with Crippen LogP contribution in [0.4, 0.5) is 0 Å². The molecule has 0 radical (unpaired) electrons. The summed E-state index contributed by atoms with van der Waals surface area (Å²) in [4.78, 5) is 12.2. The number of carbonyl (C=O) groups excluding carboxylic acids is 1. The molecule has 2 N–H and O–H groups in total. The summed E-state index contributed by atoms with van der Waals surface area (Å²) in [6.45, 7) is 2.01. The number of ether oxygens (including phenoxy) is 2. The van der Waals surface area contributed by atoms with Gasteiger partial charge in [0.05, 0.1) is 26.1 Å². The number of hydrogen-bond donors (Lipinski definition) is 2. The standard InChI is InChI=1S/C20H20N4O3/c1-13-4-6-14(7-5-13)12-21-24-20(25)18-11-17(22-23-18)16-9-8-15(26-2)10-19(16)27-3/h4-12H,1-3H3,(H,22,23)(H,24,25)/b21-12-. The van der Waals surface area contributed by atoms with Crippen LogP contribution in [0, 0.1) is 6.92 Å². The highest BCUT2D eigenvalue weighted by molar-refractivity contribution is 5.94. The molecule has 0 atom stereocenters. The lowest BCUT2D eigenvalue weighted by Gasteiger charge is -2.08. The number of nitrogens with zero attached hydrogens (tertiary/aromatic N) is 2. The lowest BCUT2D eigenvalue weighted by molar-refractivity contribution is 0.0950. The van der Waals surface area contributed by atoms with E-state index >= 15 is 0 Å². The maximum Gasteiger partial charge on any atom is 0.289 e. The number of benzene rings is 2. The van der Waals surface area contributed by atoms with Gasteiger partial charge < -0.3 is 9.47 Å². The number of aryl methyl sites for hydroxylation is 1. The van der Waals surface area contributed by atoms with Crippen molar-refractivity contribution < 1.29 is 14.3 Å². The number of amides is 1. The Balaban J connectivity index is 1.71. The zero-order valence-corrected chi connectivity index (χ0v) is 15.3. The minimum atomic E-state index is -0.385. The van der Waals surface area contributed by atoms with Crippen molar-refractivity contribution in [2.75, 3.05) is 14.2 Å². The number of H-pyrrole nitrogens is 1. The Labute approximate surface area is 157 Å². The third-order valence-electron chi connectivity index (χ3n) is 3.96. The number of hydrazone groups is 1. The van der Waals surface area contributed by atoms with E-state index < -0.39 is 0 Å². The molecule has 7 heteroatoms. The maximum absolute atomic E-state index is 12.2. The first-order chi connectivity index (χ1) is 13.1. The fraction of sp³-hybridized carbons (Fsp3) is 0.150. The molecule has 0 aliphatic carbocycles. The van der Waals surface area contributed by atoms with Crippen LogP contribution in [-0.4, -0.2) is 36.5 Å². The highest BCUT2D eigenvalue weighted by Crippen LogP contribution is 2.32. The summed E-state index contributed by atoms with van der Waals surface area (Å²) >= 11 is 0.